The van der Waals surface area contributed by atoms with Gasteiger partial charge >= 0.3 is 0 Å². The number of amides is 1. The fourth-order valence-electron chi connectivity index (χ4n) is 1.64. The Morgan fingerprint density at radius 1 is 1.54 bits per heavy atom. The molecule has 4 nitrogen and oxygen atoms in total. The number of carbonyl (C=O) groups excluding carboxylic acids is 1. The van der Waals surface area contributed by atoms with E-state index in [1.54, 1.807) is 0 Å². The molecule has 1 saturated heterocycles. The Morgan fingerprint density at radius 2 is 2.15 bits per heavy atom. The van der Waals surface area contributed by atoms with Gasteiger partial charge in [0.2, 0.25) is 5.91 Å². The van der Waals surface area contributed by atoms with E-state index in [4.69, 9.17) is 5.11 Å². The van der Waals surface area contributed by atoms with Crippen molar-refractivity contribution < 1.29 is 9.90 Å². The van der Waals surface area contributed by atoms with Crippen LogP contribution in [-0.2, 0) is 4.79 Å². The van der Waals surface area contributed by atoms with Crippen molar-refractivity contribution in [3.05, 3.63) is 0 Å². The molecule has 1 aliphatic heterocycles. The molecule has 0 bridgehead atoms. The highest BCUT2D eigenvalue weighted by atomic mass is 16.3. The van der Waals surface area contributed by atoms with E-state index < -0.39 is 0 Å². The topological polar surface area (TPSA) is 43.8 Å². The van der Waals surface area contributed by atoms with Gasteiger partial charge in [-0.05, 0) is 20.9 Å². The molecule has 1 unspecified atom stereocenters. The van der Waals surface area contributed by atoms with Gasteiger partial charge in [0.15, 0.2) is 0 Å². The summed E-state index contributed by atoms with van der Waals surface area (Å²) in [7, 11) is 1.87. The summed E-state index contributed by atoms with van der Waals surface area (Å²) >= 11 is 0. The first-order valence-electron chi connectivity index (χ1n) is 4.69. The molecule has 1 aliphatic rings. The van der Waals surface area contributed by atoms with E-state index in [1.165, 1.54) is 0 Å². The highest BCUT2D eigenvalue weighted by Gasteiger charge is 2.32. The highest BCUT2D eigenvalue weighted by Crippen LogP contribution is 2.11. The molecule has 1 rings (SSSR count). The fourth-order valence-corrected chi connectivity index (χ4v) is 1.64. The van der Waals surface area contributed by atoms with Gasteiger partial charge in [0.1, 0.15) is 6.04 Å². The fraction of sp³-hybridized carbons (Fsp3) is 0.889. The van der Waals surface area contributed by atoms with Gasteiger partial charge in [0.25, 0.3) is 0 Å². The molecule has 0 aromatic carbocycles. The summed E-state index contributed by atoms with van der Waals surface area (Å²) < 4.78 is 0. The summed E-state index contributed by atoms with van der Waals surface area (Å²) in [5.74, 6) is 0.0475. The molecule has 0 aromatic heterocycles. The molecule has 1 fully saturated rings. The maximum absolute atomic E-state index is 11.7. The average molecular weight is 186 g/mol. The van der Waals surface area contributed by atoms with Crippen LogP contribution in [-0.4, -0.2) is 59.6 Å². The molecule has 76 valence electrons. The Kier molecular flexibility index (Phi) is 3.27. The molecule has 1 amide bonds. The number of aliphatic hydroxyl groups is 1. The third-order valence-electron chi connectivity index (χ3n) is 2.59. The largest absolute Gasteiger partial charge is 0.394 e. The third kappa shape index (κ3) is 2.00. The van der Waals surface area contributed by atoms with Crippen molar-refractivity contribution in [1.82, 2.24) is 9.80 Å². The van der Waals surface area contributed by atoms with Crippen LogP contribution in [0.3, 0.4) is 0 Å². The number of piperazine rings is 1. The first kappa shape index (κ1) is 10.5. The Hall–Kier alpha value is -0.610. The van der Waals surface area contributed by atoms with E-state index in [1.807, 2.05) is 30.7 Å². The second-order valence-electron chi connectivity index (χ2n) is 3.80. The summed E-state index contributed by atoms with van der Waals surface area (Å²) in [6, 6.07) is -0.105. The first-order chi connectivity index (χ1) is 6.07. The number of aliphatic hydroxyl groups excluding tert-OH is 1. The summed E-state index contributed by atoms with van der Waals surface area (Å²) in [6.45, 7) is 5.52. The Bertz CT molecular complexity index is 190. The number of likely N-dealkylation sites (N-methyl/N-ethyl adjacent to an activating group) is 1. The Balaban J connectivity index is 2.69. The number of nitrogens with zero attached hydrogens (tertiary/aromatic N) is 2. The summed E-state index contributed by atoms with van der Waals surface area (Å²) in [4.78, 5) is 15.5. The van der Waals surface area contributed by atoms with E-state index in [-0.39, 0.29) is 24.6 Å². The number of carbonyl (C=O) groups is 1. The van der Waals surface area contributed by atoms with Crippen molar-refractivity contribution in [1.29, 1.82) is 0 Å². The Labute approximate surface area is 79.1 Å². The molecule has 13 heavy (non-hydrogen) atoms. The van der Waals surface area contributed by atoms with Crippen LogP contribution in [0, 0.1) is 0 Å². The standard InChI is InChI=1S/C9H18N2O2/c1-7(2)11-5-4-10(3)8(6-12)9(11)13/h7-8,12H,4-6H2,1-3H3. The molecule has 0 saturated carbocycles. The zero-order valence-corrected chi connectivity index (χ0v) is 8.53. The molecule has 4 heteroatoms. The van der Waals surface area contributed by atoms with Crippen LogP contribution in [0.15, 0.2) is 0 Å². The zero-order chi connectivity index (χ0) is 10.0. The van der Waals surface area contributed by atoms with E-state index in [0.29, 0.717) is 0 Å². The molecule has 1 atom stereocenters. The van der Waals surface area contributed by atoms with Crippen LogP contribution in [0.4, 0.5) is 0 Å². The van der Waals surface area contributed by atoms with Gasteiger partial charge in [-0.15, -0.1) is 0 Å². The van der Waals surface area contributed by atoms with Crippen LogP contribution in [0.1, 0.15) is 13.8 Å². The SMILES string of the molecule is CC(C)N1CCN(C)C(CO)C1=O. The lowest BCUT2D eigenvalue weighted by atomic mass is 10.1. The summed E-state index contributed by atoms with van der Waals surface area (Å²) in [6.07, 6.45) is 0. The van der Waals surface area contributed by atoms with Gasteiger partial charge < -0.3 is 10.0 Å². The molecule has 1 heterocycles. The lowest BCUT2D eigenvalue weighted by Crippen LogP contribution is -2.58. The molecule has 0 spiro atoms. The van der Waals surface area contributed by atoms with Gasteiger partial charge in [-0.25, -0.2) is 0 Å². The smallest absolute Gasteiger partial charge is 0.242 e. The van der Waals surface area contributed by atoms with Crippen LogP contribution >= 0.6 is 0 Å². The van der Waals surface area contributed by atoms with Gasteiger partial charge in [-0.3, -0.25) is 9.69 Å². The lowest BCUT2D eigenvalue weighted by Gasteiger charge is -2.39. The lowest BCUT2D eigenvalue weighted by molar-refractivity contribution is -0.144. The van der Waals surface area contributed by atoms with Gasteiger partial charge in [0.05, 0.1) is 6.61 Å². The predicted octanol–water partition coefficient (Wildman–Crippen LogP) is -0.470. The number of hydrogen-bond donors (Lipinski definition) is 1. The van der Waals surface area contributed by atoms with Crippen molar-refractivity contribution in [2.45, 2.75) is 25.9 Å². The molecule has 1 N–H and O–H groups in total. The number of hydrogen-bond acceptors (Lipinski definition) is 3. The quantitative estimate of drug-likeness (QED) is 0.634. The minimum Gasteiger partial charge on any atom is -0.394 e. The second-order valence-corrected chi connectivity index (χ2v) is 3.80. The van der Waals surface area contributed by atoms with Crippen molar-refractivity contribution in [2.24, 2.45) is 0 Å². The maximum atomic E-state index is 11.7. The summed E-state index contributed by atoms with van der Waals surface area (Å²) in [5, 5.41) is 9.04. The second kappa shape index (κ2) is 4.07. The molecular formula is C9H18N2O2. The predicted molar refractivity (Wildman–Crippen MR) is 50.4 cm³/mol. The van der Waals surface area contributed by atoms with Crippen molar-refractivity contribution >= 4 is 5.91 Å². The van der Waals surface area contributed by atoms with Crippen LogP contribution in [0.2, 0.25) is 0 Å². The van der Waals surface area contributed by atoms with Gasteiger partial charge in [-0.1, -0.05) is 0 Å². The van der Waals surface area contributed by atoms with Crippen molar-refractivity contribution in [3.63, 3.8) is 0 Å². The Morgan fingerprint density at radius 3 is 2.62 bits per heavy atom. The van der Waals surface area contributed by atoms with E-state index in [9.17, 15) is 4.79 Å². The zero-order valence-electron chi connectivity index (χ0n) is 8.53. The van der Waals surface area contributed by atoms with Gasteiger partial charge in [-0.2, -0.15) is 0 Å². The minimum atomic E-state index is -0.337. The minimum absolute atomic E-state index is 0.0475. The molecular weight excluding hydrogens is 168 g/mol. The molecule has 0 aliphatic carbocycles. The normalized spacial score (nSPS) is 25.8. The third-order valence-corrected chi connectivity index (χ3v) is 2.59. The van der Waals surface area contributed by atoms with Crippen molar-refractivity contribution in [3.8, 4) is 0 Å². The van der Waals surface area contributed by atoms with E-state index in [0.717, 1.165) is 13.1 Å². The van der Waals surface area contributed by atoms with Crippen molar-refractivity contribution in [2.75, 3.05) is 26.7 Å². The molecule has 0 radical (unpaired) electrons. The van der Waals surface area contributed by atoms with Crippen LogP contribution < -0.4 is 0 Å². The van der Waals surface area contributed by atoms with Crippen LogP contribution in [0.25, 0.3) is 0 Å². The van der Waals surface area contributed by atoms with E-state index >= 15 is 0 Å². The van der Waals surface area contributed by atoms with Crippen LogP contribution in [0.5, 0.6) is 0 Å². The first-order valence-corrected chi connectivity index (χ1v) is 4.69. The van der Waals surface area contributed by atoms with Gasteiger partial charge in [0, 0.05) is 19.1 Å². The maximum Gasteiger partial charge on any atom is 0.242 e. The highest BCUT2D eigenvalue weighted by molar-refractivity contribution is 5.83. The summed E-state index contributed by atoms with van der Waals surface area (Å²) in [5.41, 5.74) is 0. The number of rotatable bonds is 2. The van der Waals surface area contributed by atoms with E-state index in [2.05, 4.69) is 0 Å². The molecule has 0 aromatic rings. The monoisotopic (exact) mass is 186 g/mol. The average Bonchev–Trinajstić information content (AvgIpc) is 2.04.